The first-order valence-corrected chi connectivity index (χ1v) is 14.8. The fourth-order valence-corrected chi connectivity index (χ4v) is 5.58. The minimum Gasteiger partial charge on any atom is -0.550 e. The Bertz CT molecular complexity index is 412. The van der Waals surface area contributed by atoms with Gasteiger partial charge in [-0.2, -0.15) is 0 Å². The molecule has 0 aromatic carbocycles. The van der Waals surface area contributed by atoms with Gasteiger partial charge in [0.1, 0.15) is 0 Å². The molecule has 0 rings (SSSR count). The van der Waals surface area contributed by atoms with Gasteiger partial charge in [-0.25, -0.2) is 0 Å². The number of carboxylic acids is 1. The van der Waals surface area contributed by atoms with Crippen LogP contribution in [0.1, 0.15) is 175 Å². The van der Waals surface area contributed by atoms with Crippen LogP contribution in [0.15, 0.2) is 0 Å². The average Bonchev–Trinajstić information content (AvgIpc) is 2.79. The smallest absolute Gasteiger partial charge is 0.0478 e. The Morgan fingerprint density at radius 1 is 0.606 bits per heavy atom. The highest BCUT2D eigenvalue weighted by atomic mass is 16.4. The number of aliphatic carboxylic acids is 1. The molecule has 4 N–H and O–H groups in total. The van der Waals surface area contributed by atoms with Crippen LogP contribution in [0.2, 0.25) is 0 Å². The number of carbonyl (C=O) groups excluding carboxylic acids is 1. The number of rotatable bonds is 25. The third-order valence-electron chi connectivity index (χ3n) is 7.94. The molecule has 0 aromatic rings. The van der Waals surface area contributed by atoms with Crippen molar-refractivity contribution in [2.45, 2.75) is 175 Å². The Morgan fingerprint density at radius 3 is 1.30 bits per heavy atom. The van der Waals surface area contributed by atoms with Gasteiger partial charge in [0.25, 0.3) is 0 Å². The Kier molecular flexibility index (Phi) is 25.7. The van der Waals surface area contributed by atoms with Crippen LogP contribution in [0.25, 0.3) is 0 Å². The van der Waals surface area contributed by atoms with Crippen LogP contribution in [-0.2, 0) is 4.79 Å². The van der Waals surface area contributed by atoms with Crippen molar-refractivity contribution in [2.75, 3.05) is 0 Å². The summed E-state index contributed by atoms with van der Waals surface area (Å²) in [4.78, 5) is 12.2. The highest BCUT2D eigenvalue weighted by Gasteiger charge is 2.36. The molecule has 2 atom stereocenters. The van der Waals surface area contributed by atoms with Gasteiger partial charge in [-0.1, -0.05) is 156 Å². The van der Waals surface area contributed by atoms with Crippen LogP contribution < -0.4 is 11.3 Å². The van der Waals surface area contributed by atoms with Crippen molar-refractivity contribution in [3.05, 3.63) is 0 Å². The highest BCUT2D eigenvalue weighted by molar-refractivity contribution is 5.72. The SMILES string of the molecule is CCCCCCCCCCCCCCCC(CC)C(CC)(CCCCCCCC)C(=O)[O-].[NH4+]. The predicted octanol–water partition coefficient (Wildman–Crippen LogP) is 9.77. The molecule has 0 aliphatic carbocycles. The van der Waals surface area contributed by atoms with Crippen molar-refractivity contribution in [3.63, 3.8) is 0 Å². The number of hydrogen-bond donors (Lipinski definition) is 1. The summed E-state index contributed by atoms with van der Waals surface area (Å²) in [5, 5.41) is 12.2. The highest BCUT2D eigenvalue weighted by Crippen LogP contribution is 2.41. The molecule has 0 amide bonds. The van der Waals surface area contributed by atoms with Gasteiger partial charge in [0.15, 0.2) is 0 Å². The average molecular weight is 470 g/mol. The maximum atomic E-state index is 12.2. The van der Waals surface area contributed by atoms with E-state index in [1.54, 1.807) is 0 Å². The molecule has 0 fully saturated rings. The lowest BCUT2D eigenvalue weighted by molar-refractivity contribution is -0.323. The zero-order chi connectivity index (χ0) is 23.9. The van der Waals surface area contributed by atoms with Crippen LogP contribution in [0.4, 0.5) is 0 Å². The summed E-state index contributed by atoms with van der Waals surface area (Å²) >= 11 is 0. The Labute approximate surface area is 208 Å². The van der Waals surface area contributed by atoms with E-state index < -0.39 is 11.4 Å². The fourth-order valence-electron chi connectivity index (χ4n) is 5.58. The maximum Gasteiger partial charge on any atom is 0.0478 e. The van der Waals surface area contributed by atoms with Crippen LogP contribution in [0.5, 0.6) is 0 Å². The third kappa shape index (κ3) is 16.7. The summed E-state index contributed by atoms with van der Waals surface area (Å²) in [7, 11) is 0. The first-order chi connectivity index (χ1) is 15.6. The molecule has 200 valence electrons. The van der Waals surface area contributed by atoms with Gasteiger partial charge >= 0.3 is 0 Å². The number of carbonyl (C=O) groups is 1. The minimum atomic E-state index is -0.782. The van der Waals surface area contributed by atoms with Gasteiger partial charge in [-0.3, -0.25) is 0 Å². The molecular formula is C30H63NO2. The van der Waals surface area contributed by atoms with E-state index in [0.29, 0.717) is 0 Å². The lowest BCUT2D eigenvalue weighted by Gasteiger charge is -2.41. The second-order valence-electron chi connectivity index (χ2n) is 10.5. The summed E-state index contributed by atoms with van der Waals surface area (Å²) < 4.78 is 0. The molecule has 3 heteroatoms. The molecule has 33 heavy (non-hydrogen) atoms. The van der Waals surface area contributed by atoms with Crippen LogP contribution in [-0.4, -0.2) is 5.97 Å². The van der Waals surface area contributed by atoms with Crippen molar-refractivity contribution < 1.29 is 9.90 Å². The van der Waals surface area contributed by atoms with E-state index in [2.05, 4.69) is 27.7 Å². The molecule has 0 saturated heterocycles. The third-order valence-corrected chi connectivity index (χ3v) is 7.94. The summed E-state index contributed by atoms with van der Waals surface area (Å²) in [5.74, 6) is -0.504. The van der Waals surface area contributed by atoms with E-state index in [0.717, 1.165) is 32.1 Å². The summed E-state index contributed by atoms with van der Waals surface area (Å²) in [6.45, 7) is 8.77. The molecule has 0 saturated carbocycles. The minimum absolute atomic E-state index is 0. The van der Waals surface area contributed by atoms with E-state index in [4.69, 9.17) is 0 Å². The molecule has 0 radical (unpaired) electrons. The molecule has 0 aliphatic heterocycles. The number of carboxylic acid groups (broad SMARTS) is 1. The monoisotopic (exact) mass is 469 g/mol. The number of unbranched alkanes of at least 4 members (excludes halogenated alkanes) is 17. The van der Waals surface area contributed by atoms with Crippen molar-refractivity contribution >= 4 is 5.97 Å². The van der Waals surface area contributed by atoms with Crippen LogP contribution >= 0.6 is 0 Å². The summed E-state index contributed by atoms with van der Waals surface area (Å²) in [6, 6.07) is 0. The van der Waals surface area contributed by atoms with Gasteiger partial charge < -0.3 is 16.1 Å². The maximum absolute atomic E-state index is 12.2. The number of hydrogen-bond acceptors (Lipinski definition) is 2. The molecule has 0 bridgehead atoms. The largest absolute Gasteiger partial charge is 0.550 e. The van der Waals surface area contributed by atoms with E-state index >= 15 is 0 Å². The Balaban J connectivity index is 0. The fraction of sp³-hybridized carbons (Fsp3) is 0.967. The van der Waals surface area contributed by atoms with Gasteiger partial charge in [-0.15, -0.1) is 0 Å². The zero-order valence-electron chi connectivity index (χ0n) is 23.7. The lowest BCUT2D eigenvalue weighted by Crippen LogP contribution is -2.47. The van der Waals surface area contributed by atoms with Gasteiger partial charge in [0.2, 0.25) is 0 Å². The molecule has 3 nitrogen and oxygen atoms in total. The summed E-state index contributed by atoms with van der Waals surface area (Å²) in [6.07, 6.45) is 28.6. The molecule has 2 unspecified atom stereocenters. The van der Waals surface area contributed by atoms with Crippen molar-refractivity contribution in [1.82, 2.24) is 6.15 Å². The normalized spacial score (nSPS) is 13.9. The molecule has 0 aliphatic rings. The second-order valence-corrected chi connectivity index (χ2v) is 10.5. The molecule has 0 spiro atoms. The first-order valence-electron chi connectivity index (χ1n) is 14.8. The van der Waals surface area contributed by atoms with E-state index in [-0.39, 0.29) is 12.1 Å². The van der Waals surface area contributed by atoms with Crippen molar-refractivity contribution in [2.24, 2.45) is 11.3 Å². The predicted molar refractivity (Wildman–Crippen MR) is 146 cm³/mol. The zero-order valence-corrected chi connectivity index (χ0v) is 23.7. The van der Waals surface area contributed by atoms with E-state index in [1.807, 2.05) is 0 Å². The molecule has 0 aromatic heterocycles. The standard InChI is InChI=1S/C30H60O2.H3N/c1-5-9-11-13-15-16-17-18-19-20-21-22-24-26-28(7-3)30(8-4,29(31)32)27-25-23-14-12-10-6-2;/h28H,5-27H2,1-4H3,(H,31,32);1H3. The van der Waals surface area contributed by atoms with E-state index in [9.17, 15) is 9.90 Å². The summed E-state index contributed by atoms with van der Waals surface area (Å²) in [5.41, 5.74) is -0.601. The first kappa shape index (κ1) is 34.6. The van der Waals surface area contributed by atoms with Crippen molar-refractivity contribution in [3.8, 4) is 0 Å². The van der Waals surface area contributed by atoms with Crippen LogP contribution in [0.3, 0.4) is 0 Å². The van der Waals surface area contributed by atoms with E-state index in [1.165, 1.54) is 116 Å². The van der Waals surface area contributed by atoms with Crippen LogP contribution in [0, 0.1) is 11.3 Å². The molecular weight excluding hydrogens is 406 g/mol. The second kappa shape index (κ2) is 24.6. The molecule has 0 heterocycles. The van der Waals surface area contributed by atoms with Gasteiger partial charge in [0, 0.05) is 11.4 Å². The quantitative estimate of drug-likeness (QED) is 0.135. The van der Waals surface area contributed by atoms with Gasteiger partial charge in [-0.05, 0) is 25.2 Å². The van der Waals surface area contributed by atoms with Gasteiger partial charge in [0.05, 0.1) is 0 Å². The van der Waals surface area contributed by atoms with Crippen molar-refractivity contribution in [1.29, 1.82) is 0 Å². The Hall–Kier alpha value is -0.570. The topological polar surface area (TPSA) is 76.6 Å². The lowest BCUT2D eigenvalue weighted by atomic mass is 9.67. The Morgan fingerprint density at radius 2 is 0.970 bits per heavy atom. The number of quaternary nitrogens is 1.